The zero-order chi connectivity index (χ0) is 21.1. The Morgan fingerprint density at radius 3 is 2.63 bits per heavy atom. The molecule has 0 unspecified atom stereocenters. The Hall–Kier alpha value is -2.11. The van der Waals surface area contributed by atoms with Gasteiger partial charge < -0.3 is 14.1 Å². The number of methoxy groups -OCH3 is 1. The standard InChI is InChI=1S/C25H34N2O3/c1-19(2)21-7-5-20(6-8-21)15-26-13-4-11-25(17-26)12-14-27(18-25)24(28)23-10-9-22(30-23)16-29-3/h5-10,19H,4,11-18H2,1-3H3/t25-/m1/s1. The minimum absolute atomic E-state index is 0.00984. The molecule has 162 valence electrons. The third kappa shape index (κ3) is 4.62. The van der Waals surface area contributed by atoms with Crippen LogP contribution in [0.5, 0.6) is 0 Å². The molecule has 30 heavy (non-hydrogen) atoms. The molecule has 1 amide bonds. The monoisotopic (exact) mass is 410 g/mol. The Morgan fingerprint density at radius 2 is 1.90 bits per heavy atom. The molecule has 2 aromatic rings. The summed E-state index contributed by atoms with van der Waals surface area (Å²) < 4.78 is 10.8. The second kappa shape index (κ2) is 8.94. The zero-order valence-corrected chi connectivity index (χ0v) is 18.5. The first-order valence-electron chi connectivity index (χ1n) is 11.2. The molecule has 2 saturated heterocycles. The first-order valence-corrected chi connectivity index (χ1v) is 11.2. The van der Waals surface area contributed by atoms with Gasteiger partial charge in [-0.3, -0.25) is 9.69 Å². The van der Waals surface area contributed by atoms with E-state index in [1.165, 1.54) is 24.0 Å². The van der Waals surface area contributed by atoms with Crippen molar-refractivity contribution in [2.24, 2.45) is 5.41 Å². The minimum atomic E-state index is 0.00984. The Bertz CT molecular complexity index is 858. The lowest BCUT2D eigenvalue weighted by Crippen LogP contribution is -2.45. The van der Waals surface area contributed by atoms with Crippen LogP contribution < -0.4 is 0 Å². The summed E-state index contributed by atoms with van der Waals surface area (Å²) in [5.41, 5.74) is 2.99. The van der Waals surface area contributed by atoms with Gasteiger partial charge in [-0.1, -0.05) is 38.1 Å². The number of benzene rings is 1. The van der Waals surface area contributed by atoms with Gasteiger partial charge in [0.05, 0.1) is 0 Å². The molecular weight excluding hydrogens is 376 g/mol. The van der Waals surface area contributed by atoms with Crippen molar-refractivity contribution in [2.45, 2.75) is 52.2 Å². The summed E-state index contributed by atoms with van der Waals surface area (Å²) in [6, 6.07) is 12.7. The first-order chi connectivity index (χ1) is 14.5. The number of likely N-dealkylation sites (tertiary alicyclic amines) is 2. The molecule has 1 aromatic carbocycles. The van der Waals surface area contributed by atoms with Crippen molar-refractivity contribution < 1.29 is 13.9 Å². The summed E-state index contributed by atoms with van der Waals surface area (Å²) in [6.45, 7) is 9.70. The number of hydrogen-bond donors (Lipinski definition) is 0. The normalized spacial score (nSPS) is 22.3. The van der Waals surface area contributed by atoms with E-state index in [9.17, 15) is 4.79 Å². The zero-order valence-electron chi connectivity index (χ0n) is 18.5. The molecule has 2 aliphatic rings. The minimum Gasteiger partial charge on any atom is -0.453 e. The van der Waals surface area contributed by atoms with Crippen LogP contribution >= 0.6 is 0 Å². The Kier molecular flexibility index (Phi) is 6.30. The number of carbonyl (C=O) groups excluding carboxylic acids is 1. The van der Waals surface area contributed by atoms with Crippen molar-refractivity contribution in [1.29, 1.82) is 0 Å². The maximum absolute atomic E-state index is 12.9. The van der Waals surface area contributed by atoms with Crippen LogP contribution in [-0.2, 0) is 17.9 Å². The lowest BCUT2D eigenvalue weighted by Gasteiger charge is -2.40. The summed E-state index contributed by atoms with van der Waals surface area (Å²) >= 11 is 0. The SMILES string of the molecule is COCc1ccc(C(=O)N2CC[C@@]3(CCCN(Cc4ccc(C(C)C)cc4)C3)C2)o1. The van der Waals surface area contributed by atoms with E-state index < -0.39 is 0 Å². The van der Waals surface area contributed by atoms with Crippen molar-refractivity contribution in [3.05, 3.63) is 59.0 Å². The highest BCUT2D eigenvalue weighted by Gasteiger charge is 2.43. The van der Waals surface area contributed by atoms with Crippen molar-refractivity contribution in [3.8, 4) is 0 Å². The number of furan rings is 1. The molecule has 0 saturated carbocycles. The fourth-order valence-electron chi connectivity index (χ4n) is 5.02. The van der Waals surface area contributed by atoms with Gasteiger partial charge in [0.15, 0.2) is 5.76 Å². The van der Waals surface area contributed by atoms with Gasteiger partial charge in [0.25, 0.3) is 5.91 Å². The van der Waals surface area contributed by atoms with Crippen molar-refractivity contribution in [2.75, 3.05) is 33.3 Å². The topological polar surface area (TPSA) is 45.9 Å². The van der Waals surface area contributed by atoms with Crippen LogP contribution in [0.2, 0.25) is 0 Å². The van der Waals surface area contributed by atoms with Crippen LogP contribution in [0.1, 0.15) is 66.5 Å². The summed E-state index contributed by atoms with van der Waals surface area (Å²) in [5.74, 6) is 1.70. The van der Waals surface area contributed by atoms with Gasteiger partial charge in [0.2, 0.25) is 0 Å². The molecule has 3 heterocycles. The van der Waals surface area contributed by atoms with Crippen LogP contribution in [0.25, 0.3) is 0 Å². The molecule has 0 N–H and O–H groups in total. The second-order valence-electron chi connectivity index (χ2n) is 9.39. The van der Waals surface area contributed by atoms with Gasteiger partial charge in [-0.05, 0) is 55.0 Å². The molecular formula is C25H34N2O3. The smallest absolute Gasteiger partial charge is 0.289 e. The van der Waals surface area contributed by atoms with E-state index in [1.807, 2.05) is 11.0 Å². The third-order valence-electron chi connectivity index (χ3n) is 6.68. The number of piperidine rings is 1. The molecule has 2 fully saturated rings. The van der Waals surface area contributed by atoms with Crippen molar-refractivity contribution in [1.82, 2.24) is 9.80 Å². The van der Waals surface area contributed by atoms with E-state index in [0.29, 0.717) is 24.0 Å². The van der Waals surface area contributed by atoms with E-state index >= 15 is 0 Å². The number of rotatable bonds is 6. The number of carbonyl (C=O) groups is 1. The van der Waals surface area contributed by atoms with E-state index in [2.05, 4.69) is 43.0 Å². The predicted molar refractivity (Wildman–Crippen MR) is 117 cm³/mol. The van der Waals surface area contributed by atoms with Gasteiger partial charge in [-0.2, -0.15) is 0 Å². The molecule has 4 rings (SSSR count). The summed E-state index contributed by atoms with van der Waals surface area (Å²) in [7, 11) is 1.63. The van der Waals surface area contributed by atoms with Crippen LogP contribution in [0.4, 0.5) is 0 Å². The van der Waals surface area contributed by atoms with Gasteiger partial charge >= 0.3 is 0 Å². The van der Waals surface area contributed by atoms with Crippen molar-refractivity contribution >= 4 is 5.91 Å². The lowest BCUT2D eigenvalue weighted by atomic mass is 9.79. The highest BCUT2D eigenvalue weighted by atomic mass is 16.5. The Labute approximate surface area is 180 Å². The van der Waals surface area contributed by atoms with Crippen LogP contribution in [-0.4, -0.2) is 49.0 Å². The summed E-state index contributed by atoms with van der Waals surface area (Å²) in [5, 5.41) is 0. The molecule has 5 nitrogen and oxygen atoms in total. The molecule has 0 aliphatic carbocycles. The number of nitrogens with zero attached hydrogens (tertiary/aromatic N) is 2. The highest BCUT2D eigenvalue weighted by molar-refractivity contribution is 5.91. The Balaban J connectivity index is 1.37. The molecule has 1 aromatic heterocycles. The molecule has 1 atom stereocenters. The van der Waals surface area contributed by atoms with Crippen LogP contribution in [0.3, 0.4) is 0 Å². The molecule has 5 heteroatoms. The molecule has 0 bridgehead atoms. The molecule has 2 aliphatic heterocycles. The fraction of sp³-hybridized carbons (Fsp3) is 0.560. The predicted octanol–water partition coefficient (Wildman–Crippen LogP) is 4.68. The summed E-state index contributed by atoms with van der Waals surface area (Å²) in [6.07, 6.45) is 3.48. The van der Waals surface area contributed by atoms with E-state index in [1.54, 1.807) is 13.2 Å². The highest BCUT2D eigenvalue weighted by Crippen LogP contribution is 2.40. The maximum atomic E-state index is 12.9. The van der Waals surface area contributed by atoms with Crippen LogP contribution in [0, 0.1) is 5.41 Å². The third-order valence-corrected chi connectivity index (χ3v) is 6.68. The average molecular weight is 411 g/mol. The maximum Gasteiger partial charge on any atom is 0.289 e. The summed E-state index contributed by atoms with van der Waals surface area (Å²) in [4.78, 5) is 17.5. The van der Waals surface area contributed by atoms with Crippen molar-refractivity contribution in [3.63, 3.8) is 0 Å². The second-order valence-corrected chi connectivity index (χ2v) is 9.39. The number of ether oxygens (including phenoxy) is 1. The van der Waals surface area contributed by atoms with E-state index in [0.717, 1.165) is 39.1 Å². The number of amides is 1. The molecule has 0 radical (unpaired) electrons. The van der Waals surface area contributed by atoms with E-state index in [4.69, 9.17) is 9.15 Å². The van der Waals surface area contributed by atoms with Gasteiger partial charge in [-0.25, -0.2) is 0 Å². The van der Waals surface area contributed by atoms with Gasteiger partial charge in [-0.15, -0.1) is 0 Å². The fourth-order valence-corrected chi connectivity index (χ4v) is 5.02. The molecule has 1 spiro atoms. The van der Waals surface area contributed by atoms with Gasteiger partial charge in [0.1, 0.15) is 12.4 Å². The number of hydrogen-bond acceptors (Lipinski definition) is 4. The largest absolute Gasteiger partial charge is 0.453 e. The average Bonchev–Trinajstić information content (AvgIpc) is 3.36. The van der Waals surface area contributed by atoms with Crippen LogP contribution in [0.15, 0.2) is 40.8 Å². The van der Waals surface area contributed by atoms with E-state index in [-0.39, 0.29) is 11.3 Å². The quantitative estimate of drug-likeness (QED) is 0.694. The van der Waals surface area contributed by atoms with Gasteiger partial charge in [0, 0.05) is 38.7 Å². The lowest BCUT2D eigenvalue weighted by molar-refractivity contribution is 0.0646. The Morgan fingerprint density at radius 1 is 1.10 bits per heavy atom. The first kappa shape index (κ1) is 21.1.